The summed E-state index contributed by atoms with van der Waals surface area (Å²) in [6.45, 7) is 7.35. The number of carbonyl (C=O) groups is 4. The number of carboxylic acids is 2. The number of unbranched alkanes of at least 4 members (excludes halogenated alkanes) is 4. The Bertz CT molecular complexity index is 1220. The van der Waals surface area contributed by atoms with E-state index in [9.17, 15) is 29.4 Å². The Balaban J connectivity index is 1.55. The molecule has 0 aliphatic heterocycles. The second-order valence-electron chi connectivity index (χ2n) is 12.1. The fourth-order valence-electron chi connectivity index (χ4n) is 5.73. The van der Waals surface area contributed by atoms with Crippen molar-refractivity contribution in [1.29, 1.82) is 0 Å². The van der Waals surface area contributed by atoms with E-state index in [1.165, 1.54) is 31.2 Å². The van der Waals surface area contributed by atoms with Gasteiger partial charge in [-0.25, -0.2) is 4.79 Å². The van der Waals surface area contributed by atoms with Gasteiger partial charge in [0.1, 0.15) is 6.04 Å². The van der Waals surface area contributed by atoms with E-state index in [2.05, 4.69) is 17.6 Å². The number of benzene rings is 2. The van der Waals surface area contributed by atoms with Crippen molar-refractivity contribution in [3.8, 4) is 0 Å². The molecule has 0 spiro atoms. The summed E-state index contributed by atoms with van der Waals surface area (Å²) in [5.41, 5.74) is 1.14. The molecule has 1 saturated carbocycles. The zero-order valence-corrected chi connectivity index (χ0v) is 24.7. The van der Waals surface area contributed by atoms with Crippen LogP contribution in [0, 0.1) is 16.7 Å². The van der Waals surface area contributed by atoms with Crippen molar-refractivity contribution in [2.75, 3.05) is 5.32 Å². The van der Waals surface area contributed by atoms with Gasteiger partial charge in [-0.1, -0.05) is 70.7 Å². The third kappa shape index (κ3) is 7.75. The monoisotopic (exact) mass is 564 g/mol. The standard InChI is InChI=1S/C33H44N2O6/c1-5-6-7-8-9-10-22-11-15-24(16-12-22)28(36)34-25-17-13-23(14-18-25)21-27(30(38)39)35-29(37)26-19-20-33(4,31(40)41)32(26,2)3/h11-18,26-27H,5-10,19-21H2,1-4H3,(H,34,36)(H,35,37)(H,38,39)(H,40,41)/t26?,27-,33?/m0/s1. The molecular formula is C33H44N2O6. The molecule has 3 rings (SSSR count). The van der Waals surface area contributed by atoms with Gasteiger partial charge in [-0.2, -0.15) is 0 Å². The van der Waals surface area contributed by atoms with Crippen molar-refractivity contribution >= 4 is 29.4 Å². The van der Waals surface area contributed by atoms with Crippen LogP contribution in [0.1, 0.15) is 94.1 Å². The van der Waals surface area contributed by atoms with Gasteiger partial charge in [0, 0.05) is 23.6 Å². The average Bonchev–Trinajstić information content (AvgIpc) is 3.18. The van der Waals surface area contributed by atoms with E-state index in [1.54, 1.807) is 45.0 Å². The average molecular weight is 565 g/mol. The van der Waals surface area contributed by atoms with E-state index in [-0.39, 0.29) is 12.3 Å². The second-order valence-corrected chi connectivity index (χ2v) is 12.1. The molecule has 8 nitrogen and oxygen atoms in total. The van der Waals surface area contributed by atoms with Crippen molar-refractivity contribution in [3.63, 3.8) is 0 Å². The number of amides is 2. The molecule has 8 heteroatoms. The minimum atomic E-state index is -1.17. The van der Waals surface area contributed by atoms with Gasteiger partial charge < -0.3 is 20.8 Å². The van der Waals surface area contributed by atoms with Crippen molar-refractivity contribution in [3.05, 3.63) is 65.2 Å². The minimum absolute atomic E-state index is 0.0541. The van der Waals surface area contributed by atoms with Gasteiger partial charge in [0.25, 0.3) is 5.91 Å². The first kappa shape index (κ1) is 31.8. The molecule has 0 bridgehead atoms. The third-order valence-corrected chi connectivity index (χ3v) is 9.07. The lowest BCUT2D eigenvalue weighted by Gasteiger charge is -2.38. The summed E-state index contributed by atoms with van der Waals surface area (Å²) < 4.78 is 0. The predicted octanol–water partition coefficient (Wildman–Crippen LogP) is 6.09. The van der Waals surface area contributed by atoms with Gasteiger partial charge in [0.2, 0.25) is 5.91 Å². The molecular weight excluding hydrogens is 520 g/mol. The van der Waals surface area contributed by atoms with Crippen LogP contribution in [0.3, 0.4) is 0 Å². The van der Waals surface area contributed by atoms with Crippen LogP contribution in [-0.2, 0) is 27.2 Å². The zero-order valence-electron chi connectivity index (χ0n) is 24.7. The summed E-state index contributed by atoms with van der Waals surface area (Å²) in [4.78, 5) is 49.7. The Morgan fingerprint density at radius 2 is 1.49 bits per heavy atom. The van der Waals surface area contributed by atoms with E-state index >= 15 is 0 Å². The van der Waals surface area contributed by atoms with Gasteiger partial charge >= 0.3 is 11.9 Å². The molecule has 41 heavy (non-hydrogen) atoms. The number of nitrogens with one attached hydrogen (secondary N) is 2. The maximum atomic E-state index is 13.1. The minimum Gasteiger partial charge on any atom is -0.481 e. The quantitative estimate of drug-likeness (QED) is 0.205. The first-order valence-corrected chi connectivity index (χ1v) is 14.6. The lowest BCUT2D eigenvalue weighted by atomic mass is 9.65. The van der Waals surface area contributed by atoms with Crippen LogP contribution in [0.2, 0.25) is 0 Å². The summed E-state index contributed by atoms with van der Waals surface area (Å²) in [6.07, 6.45) is 7.91. The van der Waals surface area contributed by atoms with E-state index in [0.29, 0.717) is 29.7 Å². The molecule has 222 valence electrons. The number of carbonyl (C=O) groups excluding carboxylic acids is 2. The Hall–Kier alpha value is -3.68. The SMILES string of the molecule is CCCCCCCc1ccc(C(=O)Nc2ccc(C[C@H](NC(=O)C3CCC(C)(C(=O)O)C3(C)C)C(=O)O)cc2)cc1. The van der Waals surface area contributed by atoms with Crippen LogP contribution in [0.15, 0.2) is 48.5 Å². The summed E-state index contributed by atoms with van der Waals surface area (Å²) in [6, 6.07) is 13.3. The fraction of sp³-hybridized carbons (Fsp3) is 0.515. The van der Waals surface area contributed by atoms with E-state index in [1.807, 2.05) is 24.3 Å². The Kier molecular flexibility index (Phi) is 10.7. The first-order chi connectivity index (χ1) is 19.4. The lowest BCUT2D eigenvalue weighted by Crippen LogP contribution is -2.49. The smallest absolute Gasteiger partial charge is 0.326 e. The summed E-state index contributed by atoms with van der Waals surface area (Å²) >= 11 is 0. The van der Waals surface area contributed by atoms with Crippen LogP contribution >= 0.6 is 0 Å². The summed E-state index contributed by atoms with van der Waals surface area (Å²) in [7, 11) is 0. The molecule has 2 unspecified atom stereocenters. The highest BCUT2D eigenvalue weighted by molar-refractivity contribution is 6.04. The summed E-state index contributed by atoms with van der Waals surface area (Å²) in [5, 5.41) is 25.0. The molecule has 3 atom stereocenters. The highest BCUT2D eigenvalue weighted by Gasteiger charge is 2.58. The molecule has 2 aromatic carbocycles. The number of anilines is 1. The molecule has 2 aromatic rings. The van der Waals surface area contributed by atoms with Crippen LogP contribution < -0.4 is 10.6 Å². The highest BCUT2D eigenvalue weighted by atomic mass is 16.4. The molecule has 0 aromatic heterocycles. The van der Waals surface area contributed by atoms with Gasteiger partial charge in [-0.3, -0.25) is 14.4 Å². The molecule has 0 saturated heterocycles. The Morgan fingerprint density at radius 3 is 2.05 bits per heavy atom. The van der Waals surface area contributed by atoms with E-state index < -0.39 is 40.6 Å². The predicted molar refractivity (Wildman–Crippen MR) is 159 cm³/mol. The van der Waals surface area contributed by atoms with Crippen LogP contribution in [0.5, 0.6) is 0 Å². The van der Waals surface area contributed by atoms with Gasteiger partial charge in [-0.05, 0) is 73.4 Å². The van der Waals surface area contributed by atoms with Crippen LogP contribution in [0.25, 0.3) is 0 Å². The van der Waals surface area contributed by atoms with Gasteiger partial charge in [-0.15, -0.1) is 0 Å². The number of aliphatic carboxylic acids is 2. The van der Waals surface area contributed by atoms with Crippen LogP contribution in [0.4, 0.5) is 5.69 Å². The molecule has 4 N–H and O–H groups in total. The Labute approximate surface area is 242 Å². The van der Waals surface area contributed by atoms with E-state index in [4.69, 9.17) is 0 Å². The number of hydrogen-bond acceptors (Lipinski definition) is 4. The molecule has 1 aliphatic carbocycles. The maximum absolute atomic E-state index is 13.1. The van der Waals surface area contributed by atoms with E-state index in [0.717, 1.165) is 12.8 Å². The normalized spacial score (nSPS) is 20.2. The zero-order chi connectivity index (χ0) is 30.2. The Morgan fingerprint density at radius 1 is 0.878 bits per heavy atom. The number of carboxylic acid groups (broad SMARTS) is 2. The van der Waals surface area contributed by atoms with Crippen molar-refractivity contribution in [2.24, 2.45) is 16.7 Å². The van der Waals surface area contributed by atoms with Crippen molar-refractivity contribution in [1.82, 2.24) is 5.32 Å². The largest absolute Gasteiger partial charge is 0.481 e. The maximum Gasteiger partial charge on any atom is 0.326 e. The highest BCUT2D eigenvalue weighted by Crippen LogP contribution is 2.56. The molecule has 1 fully saturated rings. The number of hydrogen-bond donors (Lipinski definition) is 4. The third-order valence-electron chi connectivity index (χ3n) is 9.07. The van der Waals surface area contributed by atoms with Gasteiger partial charge in [0.05, 0.1) is 5.41 Å². The van der Waals surface area contributed by atoms with Crippen LogP contribution in [-0.4, -0.2) is 40.0 Å². The molecule has 0 heterocycles. The van der Waals surface area contributed by atoms with Gasteiger partial charge in [0.15, 0.2) is 0 Å². The molecule has 2 amide bonds. The summed E-state index contributed by atoms with van der Waals surface area (Å²) in [5.74, 6) is -3.40. The van der Waals surface area contributed by atoms with Crippen molar-refractivity contribution in [2.45, 2.75) is 91.5 Å². The van der Waals surface area contributed by atoms with Crippen molar-refractivity contribution < 1.29 is 29.4 Å². The lowest BCUT2D eigenvalue weighted by molar-refractivity contribution is -0.155. The fourth-order valence-corrected chi connectivity index (χ4v) is 5.73. The second kappa shape index (κ2) is 13.8. The number of rotatable bonds is 14. The first-order valence-electron chi connectivity index (χ1n) is 14.6. The molecule has 0 radical (unpaired) electrons. The topological polar surface area (TPSA) is 133 Å². The number of aryl methyl sites for hydroxylation is 1. The molecule has 1 aliphatic rings.